The van der Waals surface area contributed by atoms with Gasteiger partial charge in [0.1, 0.15) is 15.5 Å². The number of anilines is 1. The van der Waals surface area contributed by atoms with Crippen molar-refractivity contribution in [3.63, 3.8) is 0 Å². The summed E-state index contributed by atoms with van der Waals surface area (Å²) in [7, 11) is 0. The van der Waals surface area contributed by atoms with E-state index in [4.69, 9.17) is 22.9 Å². The fourth-order valence-corrected chi connectivity index (χ4v) is 4.94. The molecule has 0 spiro atoms. The number of nitrogens with zero attached hydrogens (tertiary/aromatic N) is 1. The van der Waals surface area contributed by atoms with Crippen molar-refractivity contribution in [1.82, 2.24) is 4.98 Å². The number of pyridine rings is 1. The highest BCUT2D eigenvalue weighted by molar-refractivity contribution is 7.21. The summed E-state index contributed by atoms with van der Waals surface area (Å²) < 4.78 is 0. The molecule has 1 aliphatic carbocycles. The number of nitrogens with two attached hydrogens (primary N) is 1. The van der Waals surface area contributed by atoms with Crippen LogP contribution in [0.5, 0.6) is 5.75 Å². The highest BCUT2D eigenvalue weighted by Gasteiger charge is 2.28. The van der Waals surface area contributed by atoms with E-state index in [0.717, 1.165) is 33.4 Å². The number of nitrogens with one attached hydrogen (secondary N) is 2. The Morgan fingerprint density at radius 2 is 1.79 bits per heavy atom. The number of aromatic hydroxyl groups is 1. The molecule has 0 atom stereocenters. The minimum absolute atomic E-state index is 0.141. The number of benzene rings is 2. The van der Waals surface area contributed by atoms with Gasteiger partial charge in [0, 0.05) is 32.3 Å². The van der Waals surface area contributed by atoms with Crippen molar-refractivity contribution in [1.29, 1.82) is 5.53 Å². The van der Waals surface area contributed by atoms with E-state index in [9.17, 15) is 9.90 Å². The molecule has 0 saturated carbocycles. The number of hydrogen-bond donors (Lipinski definition) is 4. The zero-order chi connectivity index (χ0) is 20.3. The number of H-pyrrole nitrogens is 1. The predicted molar refractivity (Wildman–Crippen MR) is 116 cm³/mol. The molecule has 142 valence electrons. The highest BCUT2D eigenvalue weighted by atomic mass is 35.5. The van der Waals surface area contributed by atoms with Crippen molar-refractivity contribution in [3.8, 4) is 28.1 Å². The normalized spacial score (nSPS) is 11.5. The van der Waals surface area contributed by atoms with E-state index in [1.807, 2.05) is 36.4 Å². The molecule has 0 bridgehead atoms. The van der Waals surface area contributed by atoms with E-state index in [2.05, 4.69) is 10.1 Å². The summed E-state index contributed by atoms with van der Waals surface area (Å²) in [5.41, 5.74) is 16.5. The summed E-state index contributed by atoms with van der Waals surface area (Å²) in [5.74, 6) is -0.560. The van der Waals surface area contributed by atoms with Crippen LogP contribution in [0.4, 0.5) is 5.69 Å². The van der Waals surface area contributed by atoms with E-state index in [1.54, 1.807) is 12.1 Å². The lowest BCUT2D eigenvalue weighted by Gasteiger charge is -2.13. The summed E-state index contributed by atoms with van der Waals surface area (Å²) >= 11 is 7.22. The summed E-state index contributed by atoms with van der Waals surface area (Å²) in [6, 6.07) is 14.8. The zero-order valence-electron chi connectivity index (χ0n) is 14.8. The largest absolute Gasteiger partial charge is 0.507 e. The maximum Gasteiger partial charge on any atom is 0.307 e. The highest BCUT2D eigenvalue weighted by Crippen LogP contribution is 2.53. The van der Waals surface area contributed by atoms with Gasteiger partial charge in [0.05, 0.1) is 11.4 Å². The van der Waals surface area contributed by atoms with Gasteiger partial charge in [-0.15, -0.1) is 16.5 Å². The Morgan fingerprint density at radius 3 is 2.48 bits per heavy atom. The number of halogens is 1. The fraction of sp³-hybridized carbons (Fsp3) is 0. The van der Waals surface area contributed by atoms with Gasteiger partial charge in [-0.25, -0.2) is 5.53 Å². The van der Waals surface area contributed by atoms with Crippen LogP contribution in [0.25, 0.3) is 43.4 Å². The molecule has 2 aliphatic rings. The molecule has 0 fully saturated rings. The van der Waals surface area contributed by atoms with Crippen LogP contribution >= 0.6 is 22.9 Å². The Kier molecular flexibility index (Phi) is 3.84. The molecule has 1 amide bonds. The third-order valence-corrected chi connectivity index (χ3v) is 6.41. The van der Waals surface area contributed by atoms with Crippen LogP contribution in [0.15, 0.2) is 53.6 Å². The second-order valence-electron chi connectivity index (χ2n) is 6.62. The van der Waals surface area contributed by atoms with Gasteiger partial charge in [0.2, 0.25) is 0 Å². The number of aromatic nitrogens is 1. The van der Waals surface area contributed by atoms with Gasteiger partial charge < -0.3 is 15.8 Å². The molecule has 1 aliphatic heterocycles. The summed E-state index contributed by atoms with van der Waals surface area (Å²) in [6.07, 6.45) is 0. The van der Waals surface area contributed by atoms with Gasteiger partial charge >= 0.3 is 5.91 Å². The first kappa shape index (κ1) is 17.7. The molecule has 1 aromatic heterocycles. The standard InChI is InChI=1S/C21H13ClN4O2S/c22-10-7-5-9(6-8-10)13-14-16(23)19(20(28)26-24)29-21(14)25-17-11-3-1-2-4-12(11)18(27)15(13)17/h1-8,24-25,27H,23H2. The van der Waals surface area contributed by atoms with Crippen molar-refractivity contribution >= 4 is 55.5 Å². The number of carbonyl (C=O) groups is 1. The fourth-order valence-electron chi connectivity index (χ4n) is 3.80. The second kappa shape index (κ2) is 6.30. The van der Waals surface area contributed by atoms with Gasteiger partial charge in [-0.1, -0.05) is 48.0 Å². The first-order valence-electron chi connectivity index (χ1n) is 8.66. The summed E-state index contributed by atoms with van der Waals surface area (Å²) in [5, 5.41) is 16.9. The van der Waals surface area contributed by atoms with Gasteiger partial charge in [-0.05, 0) is 17.7 Å². The maximum atomic E-state index is 12.1. The molecular formula is C21H13ClN4O2S. The van der Waals surface area contributed by atoms with Crippen molar-refractivity contribution in [2.24, 2.45) is 5.11 Å². The van der Waals surface area contributed by atoms with Crippen LogP contribution in [-0.2, 0) is 0 Å². The quantitative estimate of drug-likeness (QED) is 0.252. The lowest BCUT2D eigenvalue weighted by molar-refractivity contribution is 0.0995. The van der Waals surface area contributed by atoms with E-state index < -0.39 is 5.91 Å². The predicted octanol–water partition coefficient (Wildman–Crippen LogP) is 6.27. The molecule has 29 heavy (non-hydrogen) atoms. The molecule has 2 aromatic carbocycles. The summed E-state index contributed by atoms with van der Waals surface area (Å²) in [6.45, 7) is 0. The number of carbonyl (C=O) groups excluding carboxylic acids is 1. The SMILES string of the molecule is N=NC(=O)c1sc2[nH]c3c4ccccc4c(O)c-3c(-c3ccc(Cl)cc3)c2c1N. The van der Waals surface area contributed by atoms with Gasteiger partial charge in [0.25, 0.3) is 0 Å². The van der Waals surface area contributed by atoms with Crippen LogP contribution in [-0.4, -0.2) is 16.0 Å². The Balaban J connectivity index is 2.02. The number of fused-ring (bicyclic) bond motifs is 4. The number of thiophene rings is 1. The Hall–Kier alpha value is -3.42. The topological polar surface area (TPSA) is 115 Å². The van der Waals surface area contributed by atoms with Crippen LogP contribution in [0, 0.1) is 5.53 Å². The second-order valence-corrected chi connectivity index (χ2v) is 8.07. The number of amides is 1. The smallest absolute Gasteiger partial charge is 0.307 e. The first-order valence-corrected chi connectivity index (χ1v) is 9.85. The molecule has 0 saturated heterocycles. The van der Waals surface area contributed by atoms with Crippen LogP contribution in [0.1, 0.15) is 9.67 Å². The Bertz CT molecular complexity index is 1420. The van der Waals surface area contributed by atoms with Crippen molar-refractivity contribution < 1.29 is 9.90 Å². The lowest BCUT2D eigenvalue weighted by Crippen LogP contribution is -1.97. The van der Waals surface area contributed by atoms with Crippen LogP contribution in [0.3, 0.4) is 0 Å². The molecule has 0 unspecified atom stereocenters. The molecule has 5 N–H and O–H groups in total. The van der Waals surface area contributed by atoms with E-state index in [1.165, 1.54) is 0 Å². The number of nitrogen functional groups attached to an aromatic ring is 1. The minimum atomic E-state index is -0.701. The van der Waals surface area contributed by atoms with Crippen molar-refractivity contribution in [3.05, 3.63) is 58.4 Å². The maximum absolute atomic E-state index is 12.1. The third-order valence-electron chi connectivity index (χ3n) is 5.05. The zero-order valence-corrected chi connectivity index (χ0v) is 16.4. The first-order chi connectivity index (χ1) is 14.0. The molecule has 6 nitrogen and oxygen atoms in total. The molecule has 0 radical (unpaired) electrons. The molecule has 5 rings (SSSR count). The van der Waals surface area contributed by atoms with Crippen LogP contribution in [0.2, 0.25) is 5.02 Å². The van der Waals surface area contributed by atoms with E-state index >= 15 is 0 Å². The van der Waals surface area contributed by atoms with E-state index in [-0.39, 0.29) is 16.3 Å². The monoisotopic (exact) mass is 420 g/mol. The summed E-state index contributed by atoms with van der Waals surface area (Å²) in [4.78, 5) is 16.3. The average Bonchev–Trinajstić information content (AvgIpc) is 3.22. The van der Waals surface area contributed by atoms with Crippen molar-refractivity contribution in [2.75, 3.05) is 5.73 Å². The van der Waals surface area contributed by atoms with Gasteiger partial charge in [-0.2, -0.15) is 0 Å². The Morgan fingerprint density at radius 1 is 1.10 bits per heavy atom. The number of hydrogen-bond acceptors (Lipinski definition) is 5. The minimum Gasteiger partial charge on any atom is -0.507 e. The molecule has 2 heterocycles. The number of aromatic amines is 1. The van der Waals surface area contributed by atoms with E-state index in [0.29, 0.717) is 26.4 Å². The average molecular weight is 421 g/mol. The van der Waals surface area contributed by atoms with Gasteiger partial charge in [0.15, 0.2) is 0 Å². The van der Waals surface area contributed by atoms with Crippen LogP contribution < -0.4 is 5.73 Å². The molecule has 8 heteroatoms. The molecular weight excluding hydrogens is 408 g/mol. The Labute approximate surface area is 173 Å². The van der Waals surface area contributed by atoms with Crippen molar-refractivity contribution in [2.45, 2.75) is 0 Å². The molecule has 3 aromatic rings. The lowest BCUT2D eigenvalue weighted by atomic mass is 9.95. The number of rotatable bonds is 2. The third kappa shape index (κ3) is 2.45. The van der Waals surface area contributed by atoms with Gasteiger partial charge in [-0.3, -0.25) is 4.79 Å².